The van der Waals surface area contributed by atoms with Crippen LogP contribution in [0.15, 0.2) is 24.3 Å². The SMILES string of the molecule is Cc1cc(C(C)(C)C)c(O)c(C)c1Cc1c(C(=O)[S-])ccc(C(=O)[S-])c1Cc1c(C)cc(C(C)(C)C)c(O)c1C. The molecule has 0 atom stereocenters. The lowest BCUT2D eigenvalue weighted by molar-refractivity contribution is 0.107. The van der Waals surface area contributed by atoms with E-state index in [9.17, 15) is 19.8 Å². The van der Waals surface area contributed by atoms with Crippen molar-refractivity contribution in [1.29, 1.82) is 0 Å². The van der Waals surface area contributed by atoms with Crippen molar-refractivity contribution in [3.8, 4) is 11.5 Å². The number of benzene rings is 3. The van der Waals surface area contributed by atoms with Crippen molar-refractivity contribution >= 4 is 35.5 Å². The summed E-state index contributed by atoms with van der Waals surface area (Å²) >= 11 is 10.3. The van der Waals surface area contributed by atoms with Crippen molar-refractivity contribution in [2.24, 2.45) is 0 Å². The summed E-state index contributed by atoms with van der Waals surface area (Å²) in [7, 11) is 0. The average Bonchev–Trinajstić information content (AvgIpc) is 2.82. The smallest absolute Gasteiger partial charge is 0.122 e. The molecule has 0 aliphatic rings. The maximum absolute atomic E-state index is 12.7. The molecule has 2 N–H and O–H groups in total. The van der Waals surface area contributed by atoms with Crippen molar-refractivity contribution < 1.29 is 19.8 Å². The van der Waals surface area contributed by atoms with Crippen LogP contribution in [0.25, 0.3) is 0 Å². The van der Waals surface area contributed by atoms with E-state index in [1.807, 2.05) is 39.8 Å². The maximum atomic E-state index is 12.7. The first kappa shape index (κ1) is 31.6. The molecule has 0 fully saturated rings. The van der Waals surface area contributed by atoms with Crippen LogP contribution in [0.3, 0.4) is 0 Å². The lowest BCUT2D eigenvalue weighted by Gasteiger charge is -2.27. The van der Waals surface area contributed by atoms with Crippen molar-refractivity contribution in [2.75, 3.05) is 0 Å². The number of rotatable bonds is 6. The quantitative estimate of drug-likeness (QED) is 0.296. The Morgan fingerprint density at radius 2 is 0.925 bits per heavy atom. The average molecular weight is 577 g/mol. The molecule has 0 spiro atoms. The number of aryl methyl sites for hydroxylation is 2. The Hall–Kier alpha value is -2.96. The monoisotopic (exact) mass is 576 g/mol. The number of aromatic hydroxyl groups is 2. The molecule has 4 nitrogen and oxygen atoms in total. The van der Waals surface area contributed by atoms with Crippen molar-refractivity contribution in [3.05, 3.63) is 91.0 Å². The molecule has 0 unspecified atom stereocenters. The summed E-state index contributed by atoms with van der Waals surface area (Å²) in [4.78, 5) is 25.4. The molecular weight excluding hydrogens is 537 g/mol. The van der Waals surface area contributed by atoms with E-state index in [0.29, 0.717) is 35.1 Å². The molecule has 0 aliphatic carbocycles. The predicted octanol–water partition coefficient (Wildman–Crippen LogP) is 7.48. The highest BCUT2D eigenvalue weighted by molar-refractivity contribution is 7.78. The molecule has 0 amide bonds. The molecule has 0 saturated heterocycles. The normalized spacial score (nSPS) is 12.1. The van der Waals surface area contributed by atoms with Gasteiger partial charge in [0, 0.05) is 10.2 Å². The highest BCUT2D eigenvalue weighted by atomic mass is 32.1. The van der Waals surface area contributed by atoms with Crippen LogP contribution in [0.2, 0.25) is 0 Å². The van der Waals surface area contributed by atoms with Crippen LogP contribution in [0.5, 0.6) is 11.5 Å². The molecule has 0 radical (unpaired) electrons. The topological polar surface area (TPSA) is 74.6 Å². The van der Waals surface area contributed by atoms with Crippen molar-refractivity contribution in [2.45, 2.75) is 92.9 Å². The Labute approximate surface area is 250 Å². The van der Waals surface area contributed by atoms with Crippen LogP contribution in [0.1, 0.15) is 118 Å². The zero-order valence-electron chi connectivity index (χ0n) is 25.3. The van der Waals surface area contributed by atoms with Gasteiger partial charge < -0.3 is 45.1 Å². The molecule has 3 aromatic rings. The Balaban J connectivity index is 2.34. The van der Waals surface area contributed by atoms with E-state index in [2.05, 4.69) is 41.5 Å². The highest BCUT2D eigenvalue weighted by Gasteiger charge is 2.26. The fourth-order valence-electron chi connectivity index (χ4n) is 5.55. The van der Waals surface area contributed by atoms with Gasteiger partial charge in [0.15, 0.2) is 0 Å². The molecule has 0 bridgehead atoms. The Morgan fingerprint density at radius 1 is 0.625 bits per heavy atom. The van der Waals surface area contributed by atoms with E-state index in [4.69, 9.17) is 25.3 Å². The van der Waals surface area contributed by atoms with Crippen LogP contribution in [-0.4, -0.2) is 20.4 Å². The molecule has 214 valence electrons. The van der Waals surface area contributed by atoms with Crippen LogP contribution < -0.4 is 0 Å². The van der Waals surface area contributed by atoms with Gasteiger partial charge in [-0.05, 0) is 118 Å². The molecule has 3 rings (SSSR count). The van der Waals surface area contributed by atoms with Gasteiger partial charge in [0.1, 0.15) is 11.5 Å². The third-order valence-corrected chi connectivity index (χ3v) is 8.43. The minimum atomic E-state index is -0.523. The minimum Gasteiger partial charge on any atom is -0.737 e. The van der Waals surface area contributed by atoms with Gasteiger partial charge in [-0.25, -0.2) is 0 Å². The summed E-state index contributed by atoms with van der Waals surface area (Å²) in [6.45, 7) is 20.0. The zero-order chi connectivity index (χ0) is 30.5. The standard InChI is InChI=1S/C34H42O4S2/c1-17-13-27(33(5,6)7)29(35)19(3)23(17)15-25-21(31(37)39)11-12-22(32(38)40)26(25)16-24-18(2)14-28(34(8,9)10)30(36)20(24)4/h11-14,35-36H,15-16H2,1-10H3,(H,37,39)(H,38,40)/p-2. The summed E-state index contributed by atoms with van der Waals surface area (Å²) in [5.41, 5.74) is 8.28. The number of carbonyl (C=O) groups is 2. The first-order valence-corrected chi connectivity index (χ1v) is 14.3. The van der Waals surface area contributed by atoms with E-state index < -0.39 is 10.2 Å². The lowest BCUT2D eigenvalue weighted by atomic mass is 9.79. The van der Waals surface area contributed by atoms with Gasteiger partial charge in [-0.15, -0.1) is 0 Å². The first-order chi connectivity index (χ1) is 18.3. The van der Waals surface area contributed by atoms with Gasteiger partial charge in [-0.1, -0.05) is 65.8 Å². The fourth-order valence-corrected chi connectivity index (χ4v) is 5.93. The largest absolute Gasteiger partial charge is 0.737 e. The fraction of sp³-hybridized carbons (Fsp3) is 0.412. The van der Waals surface area contributed by atoms with E-state index in [1.165, 1.54) is 0 Å². The molecule has 0 aromatic heterocycles. The highest BCUT2D eigenvalue weighted by Crippen LogP contribution is 2.40. The van der Waals surface area contributed by atoms with E-state index >= 15 is 0 Å². The second-order valence-corrected chi connectivity index (χ2v) is 13.7. The lowest BCUT2D eigenvalue weighted by Crippen LogP contribution is -2.16. The van der Waals surface area contributed by atoms with Crippen molar-refractivity contribution in [3.63, 3.8) is 0 Å². The van der Waals surface area contributed by atoms with E-state index in [0.717, 1.165) is 44.5 Å². The Kier molecular flexibility index (Phi) is 8.79. The van der Waals surface area contributed by atoms with Crippen LogP contribution in [0, 0.1) is 27.7 Å². The Morgan fingerprint density at radius 3 is 1.18 bits per heavy atom. The Bertz CT molecular complexity index is 1400. The van der Waals surface area contributed by atoms with Gasteiger partial charge in [0.25, 0.3) is 0 Å². The molecule has 40 heavy (non-hydrogen) atoms. The predicted molar refractivity (Wildman–Crippen MR) is 168 cm³/mol. The second-order valence-electron chi connectivity index (χ2n) is 12.9. The van der Waals surface area contributed by atoms with Gasteiger partial charge in [-0.2, -0.15) is 0 Å². The van der Waals surface area contributed by atoms with Crippen molar-refractivity contribution in [1.82, 2.24) is 0 Å². The van der Waals surface area contributed by atoms with Gasteiger partial charge in [0.05, 0.1) is 0 Å². The zero-order valence-corrected chi connectivity index (χ0v) is 26.9. The van der Waals surface area contributed by atoms with Crippen LogP contribution >= 0.6 is 0 Å². The number of carbonyl (C=O) groups excluding carboxylic acids is 2. The summed E-state index contributed by atoms with van der Waals surface area (Å²) in [5, 5.41) is 21.3. The number of hydrogen-bond donors (Lipinski definition) is 2. The second kappa shape index (κ2) is 11.1. The summed E-state index contributed by atoms with van der Waals surface area (Å²) in [6, 6.07) is 7.15. The molecule has 3 aromatic carbocycles. The molecule has 6 heteroatoms. The van der Waals surface area contributed by atoms with Gasteiger partial charge >= 0.3 is 0 Å². The maximum Gasteiger partial charge on any atom is 0.122 e. The van der Waals surface area contributed by atoms with E-state index in [1.54, 1.807) is 12.1 Å². The van der Waals surface area contributed by atoms with Gasteiger partial charge in [-0.3, -0.25) is 0 Å². The number of phenolic OH excluding ortho intramolecular Hbond substituents is 2. The number of hydrogen-bond acceptors (Lipinski definition) is 6. The molecular formula is C34H40O4S2-2. The number of phenols is 2. The van der Waals surface area contributed by atoms with E-state index in [-0.39, 0.29) is 22.3 Å². The molecule has 0 aliphatic heterocycles. The third-order valence-electron chi connectivity index (χ3n) is 7.99. The molecule has 0 heterocycles. The molecule has 0 saturated carbocycles. The minimum absolute atomic E-state index is 0.228. The van der Waals surface area contributed by atoms with Gasteiger partial charge in [0.2, 0.25) is 0 Å². The van der Waals surface area contributed by atoms with Crippen LogP contribution in [-0.2, 0) is 48.9 Å². The summed E-state index contributed by atoms with van der Waals surface area (Å²) in [5.74, 6) is 0.455. The van der Waals surface area contributed by atoms with Crippen LogP contribution in [0.4, 0.5) is 0 Å². The summed E-state index contributed by atoms with van der Waals surface area (Å²) < 4.78 is 0. The summed E-state index contributed by atoms with van der Waals surface area (Å²) in [6.07, 6.45) is 0.590. The third kappa shape index (κ3) is 6.03. The first-order valence-electron chi connectivity index (χ1n) is 13.5.